The second kappa shape index (κ2) is 7.19. The highest BCUT2D eigenvalue weighted by molar-refractivity contribution is 5.79. The van der Waals surface area contributed by atoms with E-state index in [0.717, 1.165) is 37.8 Å². The van der Waals surface area contributed by atoms with Crippen LogP contribution < -0.4 is 0 Å². The van der Waals surface area contributed by atoms with E-state index in [-0.39, 0.29) is 24.2 Å². The van der Waals surface area contributed by atoms with Crippen LogP contribution in [0.15, 0.2) is 24.5 Å². The van der Waals surface area contributed by atoms with Gasteiger partial charge in [0.1, 0.15) is 6.10 Å². The van der Waals surface area contributed by atoms with Gasteiger partial charge in [0.25, 0.3) is 0 Å². The van der Waals surface area contributed by atoms with Crippen molar-refractivity contribution in [1.82, 2.24) is 9.88 Å². The lowest BCUT2D eigenvalue weighted by atomic mass is 10.0. The lowest BCUT2D eigenvalue weighted by molar-refractivity contribution is -0.156. The Hall–Kier alpha value is -1.46. The Bertz CT molecular complexity index is 559. The van der Waals surface area contributed by atoms with Crippen LogP contribution in [0.5, 0.6) is 0 Å². The van der Waals surface area contributed by atoms with Crippen molar-refractivity contribution in [2.45, 2.75) is 63.4 Å². The van der Waals surface area contributed by atoms with Gasteiger partial charge in [-0.2, -0.15) is 0 Å². The summed E-state index contributed by atoms with van der Waals surface area (Å²) in [5.41, 5.74) is 1.13. The maximum Gasteiger partial charge on any atom is 0.226 e. The summed E-state index contributed by atoms with van der Waals surface area (Å²) < 4.78 is 12.1. The smallest absolute Gasteiger partial charge is 0.226 e. The Morgan fingerprint density at radius 2 is 2.00 bits per heavy atom. The second-order valence-electron chi connectivity index (χ2n) is 7.20. The molecule has 130 valence electrons. The Labute approximate surface area is 143 Å². The summed E-state index contributed by atoms with van der Waals surface area (Å²) in [7, 11) is 0. The predicted octanol–water partition coefficient (Wildman–Crippen LogP) is 2.55. The molecule has 1 amide bonds. The first-order valence-electron chi connectivity index (χ1n) is 9.25. The highest BCUT2D eigenvalue weighted by Gasteiger charge is 2.46. The summed E-state index contributed by atoms with van der Waals surface area (Å²) in [5.74, 6) is 0.612. The van der Waals surface area contributed by atoms with Gasteiger partial charge in [-0.25, -0.2) is 0 Å². The van der Waals surface area contributed by atoms with E-state index in [1.807, 2.05) is 12.1 Å². The zero-order valence-corrected chi connectivity index (χ0v) is 14.1. The molecule has 4 rings (SSSR count). The van der Waals surface area contributed by atoms with Gasteiger partial charge in [0.05, 0.1) is 25.4 Å². The molecule has 0 aromatic carbocycles. The van der Waals surface area contributed by atoms with Gasteiger partial charge in [-0.1, -0.05) is 12.8 Å². The molecule has 0 bridgehead atoms. The summed E-state index contributed by atoms with van der Waals surface area (Å²) in [6.45, 7) is 1.96. The Balaban J connectivity index is 1.38. The van der Waals surface area contributed by atoms with Crippen LogP contribution in [0, 0.1) is 5.92 Å². The van der Waals surface area contributed by atoms with Crippen molar-refractivity contribution < 1.29 is 14.3 Å². The molecule has 3 atom stereocenters. The van der Waals surface area contributed by atoms with E-state index < -0.39 is 0 Å². The zero-order valence-electron chi connectivity index (χ0n) is 14.1. The van der Waals surface area contributed by atoms with E-state index >= 15 is 0 Å². The molecule has 2 aliphatic carbocycles. The number of morpholine rings is 1. The largest absolute Gasteiger partial charge is 0.372 e. The van der Waals surface area contributed by atoms with Crippen LogP contribution in [0.1, 0.15) is 44.1 Å². The third-order valence-corrected chi connectivity index (χ3v) is 5.74. The van der Waals surface area contributed by atoms with Crippen molar-refractivity contribution in [3.05, 3.63) is 30.1 Å². The number of carbonyl (C=O) groups excluding carboxylic acids is 1. The number of fused-ring (bicyclic) bond motifs is 1. The first kappa shape index (κ1) is 16.0. The maximum atomic E-state index is 12.9. The number of pyridine rings is 1. The number of rotatable bonds is 4. The Morgan fingerprint density at radius 1 is 1.21 bits per heavy atom. The van der Waals surface area contributed by atoms with Gasteiger partial charge in [-0.15, -0.1) is 0 Å². The number of carbonyl (C=O) groups is 1. The summed E-state index contributed by atoms with van der Waals surface area (Å²) in [6, 6.07) is 4.16. The third kappa shape index (κ3) is 3.20. The van der Waals surface area contributed by atoms with Crippen LogP contribution in [0.3, 0.4) is 0 Å². The molecule has 2 saturated carbocycles. The number of hydrogen-bond donors (Lipinski definition) is 0. The third-order valence-electron chi connectivity index (χ3n) is 5.74. The molecule has 0 radical (unpaired) electrons. The highest BCUT2D eigenvalue weighted by Crippen LogP contribution is 2.35. The highest BCUT2D eigenvalue weighted by atomic mass is 16.5. The van der Waals surface area contributed by atoms with E-state index in [0.29, 0.717) is 19.1 Å². The van der Waals surface area contributed by atoms with Gasteiger partial charge in [-0.3, -0.25) is 9.78 Å². The van der Waals surface area contributed by atoms with Crippen molar-refractivity contribution in [2.24, 2.45) is 5.92 Å². The monoisotopic (exact) mass is 330 g/mol. The first-order valence-corrected chi connectivity index (χ1v) is 9.25. The number of hydrogen-bond acceptors (Lipinski definition) is 4. The van der Waals surface area contributed by atoms with Crippen LogP contribution in [-0.4, -0.2) is 47.2 Å². The van der Waals surface area contributed by atoms with Crippen LogP contribution in [-0.2, 0) is 20.9 Å². The SMILES string of the molecule is O=C(C1CCCC1)N1CCO[C@H]2[C@H](OCc3ccncc3)CC[C@@H]21. The molecule has 0 N–H and O–H groups in total. The fourth-order valence-electron chi connectivity index (χ4n) is 4.46. The van der Waals surface area contributed by atoms with E-state index in [4.69, 9.17) is 9.47 Å². The van der Waals surface area contributed by atoms with Gasteiger partial charge in [0.15, 0.2) is 0 Å². The normalized spacial score (nSPS) is 30.5. The van der Waals surface area contributed by atoms with Gasteiger partial charge in [0.2, 0.25) is 5.91 Å². The summed E-state index contributed by atoms with van der Waals surface area (Å²) in [5, 5.41) is 0. The molecular weight excluding hydrogens is 304 g/mol. The molecule has 1 aromatic heterocycles. The van der Waals surface area contributed by atoms with E-state index in [2.05, 4.69) is 9.88 Å². The van der Waals surface area contributed by atoms with Gasteiger partial charge in [0, 0.05) is 24.9 Å². The average molecular weight is 330 g/mol. The van der Waals surface area contributed by atoms with Crippen molar-refractivity contribution in [3.8, 4) is 0 Å². The number of nitrogens with zero attached hydrogens (tertiary/aromatic N) is 2. The van der Waals surface area contributed by atoms with Crippen molar-refractivity contribution in [3.63, 3.8) is 0 Å². The predicted molar refractivity (Wildman–Crippen MR) is 89.2 cm³/mol. The van der Waals surface area contributed by atoms with E-state index in [1.54, 1.807) is 12.4 Å². The molecular formula is C19H26N2O3. The van der Waals surface area contributed by atoms with Crippen LogP contribution >= 0.6 is 0 Å². The van der Waals surface area contributed by atoms with Gasteiger partial charge in [-0.05, 0) is 43.4 Å². The van der Waals surface area contributed by atoms with Crippen molar-refractivity contribution >= 4 is 5.91 Å². The summed E-state index contributed by atoms with van der Waals surface area (Å²) >= 11 is 0. The van der Waals surface area contributed by atoms with Crippen molar-refractivity contribution in [1.29, 1.82) is 0 Å². The minimum Gasteiger partial charge on any atom is -0.372 e. The molecule has 0 unspecified atom stereocenters. The molecule has 0 spiro atoms. The zero-order chi connectivity index (χ0) is 16.4. The minimum absolute atomic E-state index is 0.0333. The van der Waals surface area contributed by atoms with Crippen molar-refractivity contribution in [2.75, 3.05) is 13.2 Å². The van der Waals surface area contributed by atoms with Crippen LogP contribution in [0.2, 0.25) is 0 Å². The van der Waals surface area contributed by atoms with E-state index in [9.17, 15) is 4.79 Å². The number of amides is 1. The van der Waals surface area contributed by atoms with Gasteiger partial charge >= 0.3 is 0 Å². The molecule has 5 heteroatoms. The fraction of sp³-hybridized carbons (Fsp3) is 0.684. The molecule has 3 aliphatic rings. The summed E-state index contributed by atoms with van der Waals surface area (Å²) in [4.78, 5) is 19.0. The molecule has 24 heavy (non-hydrogen) atoms. The summed E-state index contributed by atoms with van der Waals surface area (Å²) in [6.07, 6.45) is 10.2. The maximum absolute atomic E-state index is 12.9. The number of aromatic nitrogens is 1. The molecule has 3 fully saturated rings. The quantitative estimate of drug-likeness (QED) is 0.851. The fourth-order valence-corrected chi connectivity index (χ4v) is 4.46. The molecule has 1 aliphatic heterocycles. The molecule has 1 saturated heterocycles. The second-order valence-corrected chi connectivity index (χ2v) is 7.20. The molecule has 1 aromatic rings. The topological polar surface area (TPSA) is 51.7 Å². The van der Waals surface area contributed by atoms with Crippen LogP contribution in [0.4, 0.5) is 0 Å². The first-order chi connectivity index (χ1) is 11.8. The number of ether oxygens (including phenoxy) is 2. The van der Waals surface area contributed by atoms with Crippen LogP contribution in [0.25, 0.3) is 0 Å². The minimum atomic E-state index is 0.0333. The van der Waals surface area contributed by atoms with Gasteiger partial charge < -0.3 is 14.4 Å². The molecule has 2 heterocycles. The lowest BCUT2D eigenvalue weighted by Crippen LogP contribution is -2.55. The molecule has 5 nitrogen and oxygen atoms in total. The standard InChI is InChI=1S/C19H26N2O3/c22-19(15-3-1-2-4-15)21-11-12-23-18-16(21)5-6-17(18)24-13-14-7-9-20-10-8-14/h7-10,15-18H,1-6,11-13H2/t16-,17+,18+/m0/s1. The Morgan fingerprint density at radius 3 is 2.79 bits per heavy atom. The average Bonchev–Trinajstić information content (AvgIpc) is 3.30. The lowest BCUT2D eigenvalue weighted by Gasteiger charge is -2.40. The Kier molecular flexibility index (Phi) is 4.81. The van der Waals surface area contributed by atoms with E-state index in [1.165, 1.54) is 12.8 Å².